The highest BCUT2D eigenvalue weighted by Crippen LogP contribution is 2.17. The lowest BCUT2D eigenvalue weighted by atomic mass is 10.2. The fourth-order valence-electron chi connectivity index (χ4n) is 1.56. The molecule has 19 heavy (non-hydrogen) atoms. The standard InChI is InChI=1S/C11H22N6O2/c1-5-8(2)17(6-7-18-3)10-13-9(16-12)14-11(15-10)19-4/h8H,5-7,12H2,1-4H3,(H,13,14,15,16). The van der Waals surface area contributed by atoms with Gasteiger partial charge < -0.3 is 14.4 Å². The van der Waals surface area contributed by atoms with Crippen LogP contribution >= 0.6 is 0 Å². The number of anilines is 2. The second kappa shape index (κ2) is 7.70. The Labute approximate surface area is 113 Å². The molecular weight excluding hydrogens is 248 g/mol. The molecule has 0 aliphatic carbocycles. The van der Waals surface area contributed by atoms with Crippen LogP contribution in [-0.2, 0) is 4.74 Å². The summed E-state index contributed by atoms with van der Waals surface area (Å²) in [5, 5.41) is 0. The summed E-state index contributed by atoms with van der Waals surface area (Å²) in [6, 6.07) is 0.497. The first-order valence-electron chi connectivity index (χ1n) is 6.18. The van der Waals surface area contributed by atoms with Crippen molar-refractivity contribution in [2.24, 2.45) is 5.84 Å². The minimum Gasteiger partial charge on any atom is -0.467 e. The molecular formula is C11H22N6O2. The maximum Gasteiger partial charge on any atom is 0.322 e. The van der Waals surface area contributed by atoms with Gasteiger partial charge in [0.05, 0.1) is 13.7 Å². The topological polar surface area (TPSA) is 98.4 Å². The molecule has 0 bridgehead atoms. The van der Waals surface area contributed by atoms with Gasteiger partial charge in [0.25, 0.3) is 0 Å². The van der Waals surface area contributed by atoms with Crippen LogP contribution in [-0.4, -0.2) is 48.4 Å². The average molecular weight is 270 g/mol. The number of nitrogens with two attached hydrogens (primary N) is 1. The van der Waals surface area contributed by atoms with Gasteiger partial charge in [0.1, 0.15) is 0 Å². The van der Waals surface area contributed by atoms with Gasteiger partial charge in [0.2, 0.25) is 11.9 Å². The van der Waals surface area contributed by atoms with Gasteiger partial charge in [-0.3, -0.25) is 5.43 Å². The first-order chi connectivity index (χ1) is 9.15. The highest BCUT2D eigenvalue weighted by atomic mass is 16.5. The van der Waals surface area contributed by atoms with Crippen LogP contribution in [0.5, 0.6) is 6.01 Å². The first-order valence-corrected chi connectivity index (χ1v) is 6.18. The largest absolute Gasteiger partial charge is 0.467 e. The van der Waals surface area contributed by atoms with Crippen molar-refractivity contribution in [2.75, 3.05) is 37.7 Å². The highest BCUT2D eigenvalue weighted by molar-refractivity contribution is 5.38. The van der Waals surface area contributed by atoms with Gasteiger partial charge in [0, 0.05) is 19.7 Å². The number of rotatable bonds is 8. The minimum atomic E-state index is 0.226. The van der Waals surface area contributed by atoms with Crippen LogP contribution in [0.1, 0.15) is 20.3 Å². The zero-order valence-electron chi connectivity index (χ0n) is 11.9. The summed E-state index contributed by atoms with van der Waals surface area (Å²) >= 11 is 0. The summed E-state index contributed by atoms with van der Waals surface area (Å²) < 4.78 is 10.2. The Morgan fingerprint density at radius 2 is 2.05 bits per heavy atom. The summed E-state index contributed by atoms with van der Waals surface area (Å²) in [6.45, 7) is 5.47. The van der Waals surface area contributed by atoms with Crippen LogP contribution in [0.4, 0.5) is 11.9 Å². The van der Waals surface area contributed by atoms with Gasteiger partial charge in [-0.05, 0) is 13.3 Å². The predicted molar refractivity (Wildman–Crippen MR) is 73.2 cm³/mol. The molecule has 1 unspecified atom stereocenters. The summed E-state index contributed by atoms with van der Waals surface area (Å²) in [7, 11) is 3.16. The van der Waals surface area contributed by atoms with E-state index in [2.05, 4.69) is 34.2 Å². The monoisotopic (exact) mass is 270 g/mol. The molecule has 3 N–H and O–H groups in total. The van der Waals surface area contributed by atoms with Crippen molar-refractivity contribution in [3.8, 4) is 6.01 Å². The molecule has 0 saturated heterocycles. The maximum absolute atomic E-state index is 5.35. The van der Waals surface area contributed by atoms with E-state index >= 15 is 0 Å². The van der Waals surface area contributed by atoms with Crippen molar-refractivity contribution in [1.29, 1.82) is 0 Å². The van der Waals surface area contributed by atoms with E-state index < -0.39 is 0 Å². The lowest BCUT2D eigenvalue weighted by Gasteiger charge is -2.28. The lowest BCUT2D eigenvalue weighted by Crippen LogP contribution is -2.37. The van der Waals surface area contributed by atoms with E-state index in [0.29, 0.717) is 19.1 Å². The smallest absolute Gasteiger partial charge is 0.322 e. The van der Waals surface area contributed by atoms with Crippen molar-refractivity contribution >= 4 is 11.9 Å². The van der Waals surface area contributed by atoms with Crippen molar-refractivity contribution in [2.45, 2.75) is 26.3 Å². The molecule has 0 aromatic carbocycles. The van der Waals surface area contributed by atoms with Gasteiger partial charge in [-0.2, -0.15) is 15.0 Å². The average Bonchev–Trinajstić information content (AvgIpc) is 2.46. The molecule has 8 nitrogen and oxygen atoms in total. The van der Waals surface area contributed by atoms with E-state index in [1.807, 2.05) is 4.90 Å². The van der Waals surface area contributed by atoms with Gasteiger partial charge >= 0.3 is 6.01 Å². The van der Waals surface area contributed by atoms with Crippen LogP contribution < -0.4 is 20.9 Å². The molecule has 1 heterocycles. The fourth-order valence-corrected chi connectivity index (χ4v) is 1.56. The summed E-state index contributed by atoms with van der Waals surface area (Å²) in [5.41, 5.74) is 2.41. The normalized spacial score (nSPS) is 12.1. The first kappa shape index (κ1) is 15.4. The van der Waals surface area contributed by atoms with Gasteiger partial charge in [-0.1, -0.05) is 6.92 Å². The van der Waals surface area contributed by atoms with Crippen LogP contribution in [0.3, 0.4) is 0 Å². The number of aromatic nitrogens is 3. The Morgan fingerprint density at radius 3 is 2.58 bits per heavy atom. The molecule has 1 atom stereocenters. The van der Waals surface area contributed by atoms with Crippen LogP contribution in [0.15, 0.2) is 0 Å². The zero-order valence-corrected chi connectivity index (χ0v) is 11.9. The Kier molecular flexibility index (Phi) is 6.23. The van der Waals surface area contributed by atoms with E-state index in [4.69, 9.17) is 15.3 Å². The van der Waals surface area contributed by atoms with Gasteiger partial charge in [0.15, 0.2) is 0 Å². The van der Waals surface area contributed by atoms with Crippen LogP contribution in [0.2, 0.25) is 0 Å². The third-order valence-corrected chi connectivity index (χ3v) is 2.83. The van der Waals surface area contributed by atoms with Gasteiger partial charge in [-0.15, -0.1) is 0 Å². The summed E-state index contributed by atoms with van der Waals surface area (Å²) in [5.74, 6) is 6.14. The van der Waals surface area contributed by atoms with Crippen molar-refractivity contribution in [1.82, 2.24) is 15.0 Å². The Balaban J connectivity index is 3.05. The fraction of sp³-hybridized carbons (Fsp3) is 0.727. The second-order valence-electron chi connectivity index (χ2n) is 4.03. The van der Waals surface area contributed by atoms with E-state index in [1.165, 1.54) is 7.11 Å². The molecule has 0 radical (unpaired) electrons. The van der Waals surface area contributed by atoms with E-state index in [1.54, 1.807) is 7.11 Å². The SMILES string of the molecule is CCC(C)N(CCOC)c1nc(NN)nc(OC)n1. The van der Waals surface area contributed by atoms with Crippen molar-refractivity contribution in [3.63, 3.8) is 0 Å². The van der Waals surface area contributed by atoms with Crippen LogP contribution in [0, 0.1) is 0 Å². The van der Waals surface area contributed by atoms with E-state index in [0.717, 1.165) is 6.42 Å². The quantitative estimate of drug-likeness (QED) is 0.518. The molecule has 1 rings (SSSR count). The molecule has 8 heteroatoms. The Hall–Kier alpha value is -1.67. The number of nitrogens with zero attached hydrogens (tertiary/aromatic N) is 4. The third kappa shape index (κ3) is 4.18. The van der Waals surface area contributed by atoms with E-state index in [9.17, 15) is 0 Å². The lowest BCUT2D eigenvalue weighted by molar-refractivity contribution is 0.202. The number of hydrazine groups is 1. The molecule has 0 amide bonds. The van der Waals surface area contributed by atoms with Gasteiger partial charge in [-0.25, -0.2) is 5.84 Å². The number of hydrogen-bond donors (Lipinski definition) is 2. The summed E-state index contributed by atoms with van der Waals surface area (Å²) in [4.78, 5) is 14.5. The van der Waals surface area contributed by atoms with Crippen molar-refractivity contribution < 1.29 is 9.47 Å². The second-order valence-corrected chi connectivity index (χ2v) is 4.03. The molecule has 0 spiro atoms. The molecule has 0 aliphatic heterocycles. The zero-order chi connectivity index (χ0) is 14.3. The number of methoxy groups -OCH3 is 2. The predicted octanol–water partition coefficient (Wildman–Crippen LogP) is 0.417. The molecule has 0 aliphatic rings. The summed E-state index contributed by atoms with van der Waals surface area (Å²) in [6.07, 6.45) is 0.961. The molecule has 0 fully saturated rings. The number of nitrogen functional groups attached to an aromatic ring is 1. The Bertz CT molecular complexity index is 367. The number of ether oxygens (including phenoxy) is 2. The third-order valence-electron chi connectivity index (χ3n) is 2.83. The van der Waals surface area contributed by atoms with Crippen LogP contribution in [0.25, 0.3) is 0 Å². The number of hydrogen-bond acceptors (Lipinski definition) is 8. The van der Waals surface area contributed by atoms with Crippen molar-refractivity contribution in [3.05, 3.63) is 0 Å². The molecule has 0 saturated carbocycles. The molecule has 1 aromatic rings. The highest BCUT2D eigenvalue weighted by Gasteiger charge is 2.18. The molecule has 108 valence electrons. The van der Waals surface area contributed by atoms with E-state index in [-0.39, 0.29) is 18.0 Å². The maximum atomic E-state index is 5.35. The molecule has 1 aromatic heterocycles. The number of nitrogens with one attached hydrogen (secondary N) is 1. The Morgan fingerprint density at radius 1 is 1.32 bits per heavy atom. The minimum absolute atomic E-state index is 0.226.